The Balaban J connectivity index is 2.00. The van der Waals surface area contributed by atoms with Crippen molar-refractivity contribution in [1.29, 1.82) is 0 Å². The fraction of sp³-hybridized carbons (Fsp3) is 0. The third kappa shape index (κ3) is 1.32. The highest BCUT2D eigenvalue weighted by Crippen LogP contribution is 1.60. The van der Waals surface area contributed by atoms with Crippen molar-refractivity contribution in [2.75, 3.05) is 0 Å². The Hall–Kier alpha value is 0.531. The standard InChI is InChI=1S/H8N2OSi3/c1-4-2-6-3-5-1/h1-2H,4-6H2. The van der Waals surface area contributed by atoms with Crippen LogP contribution in [-0.4, -0.2) is 29.7 Å². The lowest BCUT2D eigenvalue weighted by atomic mass is 13.8. The van der Waals surface area contributed by atoms with E-state index in [1.165, 1.54) is 0 Å². The summed E-state index contributed by atoms with van der Waals surface area (Å²) in [6.45, 7) is 0. The van der Waals surface area contributed by atoms with E-state index in [2.05, 4.69) is 9.30 Å². The Morgan fingerprint density at radius 3 is 2.00 bits per heavy atom. The Kier molecular flexibility index (Phi) is 2.08. The van der Waals surface area contributed by atoms with E-state index in [-0.39, 0.29) is 29.7 Å². The van der Waals surface area contributed by atoms with E-state index in [0.717, 1.165) is 0 Å². The van der Waals surface area contributed by atoms with Crippen LogP contribution in [0.25, 0.3) is 0 Å². The molecular formula is H8N2OSi3. The SMILES string of the molecule is N1[SiH2]N[SiH2]O[SiH2]1. The first-order valence-corrected chi connectivity index (χ1v) is 5.97. The van der Waals surface area contributed by atoms with Crippen LogP contribution < -0.4 is 9.30 Å². The first-order valence-electron chi connectivity index (χ1n) is 1.99. The molecule has 0 saturated carbocycles. The zero-order chi connectivity index (χ0) is 4.24. The molecule has 0 aliphatic carbocycles. The van der Waals surface area contributed by atoms with Gasteiger partial charge in [-0.25, -0.2) is 0 Å². The summed E-state index contributed by atoms with van der Waals surface area (Å²) in [7, 11) is -0.354. The van der Waals surface area contributed by atoms with E-state index < -0.39 is 0 Å². The van der Waals surface area contributed by atoms with Gasteiger partial charge in [0.1, 0.15) is 0 Å². The molecule has 0 spiro atoms. The second-order valence-corrected chi connectivity index (χ2v) is 7.73. The molecule has 0 aromatic rings. The molecular weight excluding hydrogens is 128 g/mol. The molecule has 1 aliphatic rings. The fourth-order valence-corrected chi connectivity index (χ4v) is 7.66. The van der Waals surface area contributed by atoms with Crippen molar-refractivity contribution in [2.45, 2.75) is 0 Å². The normalized spacial score (nSPS) is 36.0. The molecule has 1 rings (SSSR count). The summed E-state index contributed by atoms with van der Waals surface area (Å²) in [4.78, 5) is 0. The van der Waals surface area contributed by atoms with Crippen LogP contribution in [0.2, 0.25) is 0 Å². The minimum atomic E-state index is -0.181. The van der Waals surface area contributed by atoms with Crippen LogP contribution in [0.5, 0.6) is 0 Å². The van der Waals surface area contributed by atoms with E-state index >= 15 is 0 Å². The third-order valence-electron chi connectivity index (χ3n) is 0.658. The minimum Gasteiger partial charge on any atom is -0.442 e. The molecule has 0 atom stereocenters. The average molecular weight is 136 g/mol. The maximum atomic E-state index is 5.16. The van der Waals surface area contributed by atoms with Crippen molar-refractivity contribution < 1.29 is 4.12 Å². The van der Waals surface area contributed by atoms with Crippen LogP contribution in [0, 0.1) is 0 Å². The Labute approximate surface area is 43.9 Å². The van der Waals surface area contributed by atoms with Gasteiger partial charge in [-0.05, 0) is 0 Å². The van der Waals surface area contributed by atoms with Gasteiger partial charge >= 0.3 is 0 Å². The van der Waals surface area contributed by atoms with Gasteiger partial charge in [-0.2, -0.15) is 0 Å². The van der Waals surface area contributed by atoms with Crippen LogP contribution in [0.4, 0.5) is 0 Å². The molecule has 2 N–H and O–H groups in total. The molecule has 6 heavy (non-hydrogen) atoms. The van der Waals surface area contributed by atoms with Crippen LogP contribution in [0.3, 0.4) is 0 Å². The summed E-state index contributed by atoms with van der Waals surface area (Å²) in [6, 6.07) is 0. The lowest BCUT2D eigenvalue weighted by Gasteiger charge is -2.11. The highest BCUT2D eigenvalue weighted by Gasteiger charge is 1.94. The summed E-state index contributed by atoms with van der Waals surface area (Å²) >= 11 is 0. The second-order valence-electron chi connectivity index (χ2n) is 1.17. The molecule has 1 heterocycles. The van der Waals surface area contributed by atoms with Crippen molar-refractivity contribution >= 4 is 29.7 Å². The second kappa shape index (κ2) is 2.66. The van der Waals surface area contributed by atoms with E-state index in [1.54, 1.807) is 0 Å². The maximum absolute atomic E-state index is 5.16. The van der Waals surface area contributed by atoms with Crippen LogP contribution in [0.15, 0.2) is 0 Å². The zero-order valence-corrected chi connectivity index (χ0v) is 7.77. The molecule has 0 unspecified atom stereocenters. The minimum absolute atomic E-state index is 0.00694. The van der Waals surface area contributed by atoms with Crippen molar-refractivity contribution in [2.24, 2.45) is 0 Å². The number of hydrogen-bond acceptors (Lipinski definition) is 3. The molecule has 36 valence electrons. The van der Waals surface area contributed by atoms with Crippen molar-refractivity contribution in [1.82, 2.24) is 9.30 Å². The van der Waals surface area contributed by atoms with Crippen LogP contribution in [0.1, 0.15) is 0 Å². The van der Waals surface area contributed by atoms with Crippen molar-refractivity contribution in [3.63, 3.8) is 0 Å². The first-order chi connectivity index (χ1) is 3.00. The quantitative estimate of drug-likeness (QED) is 0.335. The highest BCUT2D eigenvalue weighted by atomic mass is 28.4. The molecule has 0 bridgehead atoms. The van der Waals surface area contributed by atoms with Crippen LogP contribution >= 0.6 is 0 Å². The van der Waals surface area contributed by atoms with E-state index in [1.807, 2.05) is 0 Å². The topological polar surface area (TPSA) is 33.3 Å². The maximum Gasteiger partial charge on any atom is 0.218 e. The van der Waals surface area contributed by atoms with Gasteiger partial charge in [0.2, 0.25) is 19.8 Å². The van der Waals surface area contributed by atoms with Gasteiger partial charge in [0.25, 0.3) is 0 Å². The molecule has 1 saturated heterocycles. The summed E-state index contributed by atoms with van der Waals surface area (Å²) < 4.78 is 11.7. The number of nitrogens with one attached hydrogen (secondary N) is 2. The molecule has 3 nitrogen and oxygen atoms in total. The fourth-order valence-electron chi connectivity index (χ4n) is 0.386. The van der Waals surface area contributed by atoms with E-state index in [0.29, 0.717) is 0 Å². The smallest absolute Gasteiger partial charge is 0.218 e. The number of rotatable bonds is 0. The molecule has 0 amide bonds. The van der Waals surface area contributed by atoms with Gasteiger partial charge in [0.05, 0.1) is 0 Å². The molecule has 0 aromatic heterocycles. The molecule has 0 aromatic carbocycles. The van der Waals surface area contributed by atoms with E-state index in [9.17, 15) is 0 Å². The first kappa shape index (κ1) is 4.68. The van der Waals surface area contributed by atoms with Gasteiger partial charge < -0.3 is 13.4 Å². The largest absolute Gasteiger partial charge is 0.442 e. The third-order valence-corrected chi connectivity index (χ3v) is 5.92. The molecule has 0 radical (unpaired) electrons. The lowest BCUT2D eigenvalue weighted by Crippen LogP contribution is -2.47. The Morgan fingerprint density at radius 2 is 1.83 bits per heavy atom. The lowest BCUT2D eigenvalue weighted by molar-refractivity contribution is 0.618. The molecule has 1 aliphatic heterocycles. The summed E-state index contributed by atoms with van der Waals surface area (Å²) in [6.07, 6.45) is 0. The van der Waals surface area contributed by atoms with E-state index in [4.69, 9.17) is 4.12 Å². The van der Waals surface area contributed by atoms with Gasteiger partial charge in [0, 0.05) is 0 Å². The summed E-state index contributed by atoms with van der Waals surface area (Å²) in [5, 5.41) is 0. The van der Waals surface area contributed by atoms with Crippen molar-refractivity contribution in [3.8, 4) is 0 Å². The summed E-state index contributed by atoms with van der Waals surface area (Å²) in [5.74, 6) is 0. The number of hydrogen-bond donors (Lipinski definition) is 2. The van der Waals surface area contributed by atoms with Gasteiger partial charge in [-0.1, -0.05) is 0 Å². The predicted octanol–water partition coefficient (Wildman–Crippen LogP) is -3.81. The monoisotopic (exact) mass is 136 g/mol. The van der Waals surface area contributed by atoms with Gasteiger partial charge in [-0.15, -0.1) is 0 Å². The zero-order valence-electron chi connectivity index (χ0n) is 3.53. The predicted molar refractivity (Wildman–Crippen MR) is 33.0 cm³/mol. The Morgan fingerprint density at radius 1 is 1.17 bits per heavy atom. The molecule has 6 heteroatoms. The molecule has 1 fully saturated rings. The van der Waals surface area contributed by atoms with Gasteiger partial charge in [0.15, 0.2) is 9.84 Å². The summed E-state index contributed by atoms with van der Waals surface area (Å²) in [5.41, 5.74) is 0. The highest BCUT2D eigenvalue weighted by molar-refractivity contribution is 6.60. The average Bonchev–Trinajstić information content (AvgIpc) is 1.72. The van der Waals surface area contributed by atoms with Gasteiger partial charge in [-0.3, -0.25) is 0 Å². The van der Waals surface area contributed by atoms with Crippen molar-refractivity contribution in [3.05, 3.63) is 0 Å². The van der Waals surface area contributed by atoms with Crippen LogP contribution in [-0.2, 0) is 4.12 Å². The Bertz CT molecular complexity index is 24.3.